The first kappa shape index (κ1) is 10.5. The summed E-state index contributed by atoms with van der Waals surface area (Å²) in [5.74, 6) is 0.564. The number of hydrogen-bond acceptors (Lipinski definition) is 4. The molecule has 82 valence electrons. The average Bonchev–Trinajstić information content (AvgIpc) is 2.64. The smallest absolute Gasteiger partial charge is 0.204 e. The first-order valence-electron chi connectivity index (χ1n) is 4.56. The largest absolute Gasteiger partial charge is 0.376 e. The van der Waals surface area contributed by atoms with Crippen molar-refractivity contribution in [2.45, 2.75) is 0 Å². The van der Waals surface area contributed by atoms with Crippen LogP contribution in [0.4, 0.5) is 5.69 Å². The standard InChI is InChI=1S/C9H10N6S/c1-15-13-8(12-14-15)6-3-2-4-7(5-6)11-9(10)16/h2-5H,1H3,(H3,10,11,16). The van der Waals surface area contributed by atoms with Crippen LogP contribution >= 0.6 is 12.2 Å². The Hall–Kier alpha value is -2.02. The van der Waals surface area contributed by atoms with E-state index in [9.17, 15) is 0 Å². The highest BCUT2D eigenvalue weighted by atomic mass is 32.1. The SMILES string of the molecule is Cn1nnc(-c2cccc(NC(N)=S)c2)n1. The van der Waals surface area contributed by atoms with Crippen molar-refractivity contribution < 1.29 is 0 Å². The zero-order valence-electron chi connectivity index (χ0n) is 8.58. The van der Waals surface area contributed by atoms with E-state index in [1.165, 1.54) is 4.80 Å². The fraction of sp³-hybridized carbons (Fsp3) is 0.111. The minimum Gasteiger partial charge on any atom is -0.376 e. The molecule has 0 amide bonds. The van der Waals surface area contributed by atoms with Crippen LogP contribution in [0.1, 0.15) is 0 Å². The summed E-state index contributed by atoms with van der Waals surface area (Å²) >= 11 is 4.76. The Kier molecular flexibility index (Phi) is 2.78. The van der Waals surface area contributed by atoms with E-state index < -0.39 is 0 Å². The monoisotopic (exact) mass is 234 g/mol. The van der Waals surface area contributed by atoms with Gasteiger partial charge in [0, 0.05) is 11.3 Å². The number of tetrazole rings is 1. The van der Waals surface area contributed by atoms with E-state index in [1.807, 2.05) is 24.3 Å². The van der Waals surface area contributed by atoms with Gasteiger partial charge in [-0.25, -0.2) is 0 Å². The normalized spacial score (nSPS) is 10.1. The van der Waals surface area contributed by atoms with Gasteiger partial charge in [-0.2, -0.15) is 4.80 Å². The van der Waals surface area contributed by atoms with E-state index >= 15 is 0 Å². The molecule has 1 heterocycles. The summed E-state index contributed by atoms with van der Waals surface area (Å²) in [6.07, 6.45) is 0. The van der Waals surface area contributed by atoms with Crippen LogP contribution in [0.3, 0.4) is 0 Å². The number of nitrogens with two attached hydrogens (primary N) is 1. The van der Waals surface area contributed by atoms with Crippen molar-refractivity contribution in [3.8, 4) is 11.4 Å². The molecule has 0 aliphatic heterocycles. The Labute approximate surface area is 97.5 Å². The van der Waals surface area contributed by atoms with Gasteiger partial charge in [-0.1, -0.05) is 12.1 Å². The first-order valence-corrected chi connectivity index (χ1v) is 4.97. The highest BCUT2D eigenvalue weighted by molar-refractivity contribution is 7.80. The van der Waals surface area contributed by atoms with Gasteiger partial charge >= 0.3 is 0 Å². The van der Waals surface area contributed by atoms with Crippen LogP contribution in [0.25, 0.3) is 11.4 Å². The van der Waals surface area contributed by atoms with Gasteiger partial charge in [-0.15, -0.1) is 10.2 Å². The van der Waals surface area contributed by atoms with Gasteiger partial charge in [0.2, 0.25) is 5.82 Å². The van der Waals surface area contributed by atoms with Gasteiger partial charge in [0.05, 0.1) is 7.05 Å². The number of aromatic nitrogens is 4. The van der Waals surface area contributed by atoms with Gasteiger partial charge in [0.1, 0.15) is 0 Å². The number of benzene rings is 1. The maximum absolute atomic E-state index is 5.39. The van der Waals surface area contributed by atoms with Crippen LogP contribution in [-0.2, 0) is 7.05 Å². The summed E-state index contributed by atoms with van der Waals surface area (Å²) in [5, 5.41) is 14.9. The Bertz CT molecular complexity index is 520. The fourth-order valence-corrected chi connectivity index (χ4v) is 1.40. The minimum atomic E-state index is 0.226. The maximum Gasteiger partial charge on any atom is 0.204 e. The minimum absolute atomic E-state index is 0.226. The predicted molar refractivity (Wildman–Crippen MR) is 64.6 cm³/mol. The molecule has 0 atom stereocenters. The number of nitrogens with zero attached hydrogens (tertiary/aromatic N) is 4. The first-order chi connectivity index (χ1) is 7.65. The molecule has 16 heavy (non-hydrogen) atoms. The lowest BCUT2D eigenvalue weighted by Crippen LogP contribution is -2.18. The van der Waals surface area contributed by atoms with Crippen LogP contribution in [0, 0.1) is 0 Å². The quantitative estimate of drug-likeness (QED) is 0.738. The van der Waals surface area contributed by atoms with Crippen LogP contribution < -0.4 is 11.1 Å². The van der Waals surface area contributed by atoms with Gasteiger partial charge in [0.25, 0.3) is 0 Å². The molecule has 2 rings (SSSR count). The molecule has 0 spiro atoms. The summed E-state index contributed by atoms with van der Waals surface area (Å²) in [5.41, 5.74) is 7.05. The second-order valence-corrected chi connectivity index (χ2v) is 3.61. The molecule has 0 saturated heterocycles. The Morgan fingerprint density at radius 1 is 1.50 bits per heavy atom. The lowest BCUT2D eigenvalue weighted by molar-refractivity contribution is 0.630. The van der Waals surface area contributed by atoms with E-state index in [0.717, 1.165) is 11.3 Å². The fourth-order valence-electron chi connectivity index (χ4n) is 1.28. The number of anilines is 1. The van der Waals surface area contributed by atoms with Crippen molar-refractivity contribution in [2.24, 2.45) is 12.8 Å². The molecule has 0 aliphatic carbocycles. The number of aryl methyl sites for hydroxylation is 1. The molecule has 7 heteroatoms. The van der Waals surface area contributed by atoms with Crippen molar-refractivity contribution in [3.63, 3.8) is 0 Å². The molecule has 1 aromatic heterocycles. The molecule has 0 bridgehead atoms. The van der Waals surface area contributed by atoms with E-state index in [2.05, 4.69) is 20.7 Å². The third-order valence-corrected chi connectivity index (χ3v) is 2.00. The molecule has 0 saturated carbocycles. The Morgan fingerprint density at radius 3 is 2.94 bits per heavy atom. The van der Waals surface area contributed by atoms with Crippen LogP contribution in [0.2, 0.25) is 0 Å². The van der Waals surface area contributed by atoms with E-state index in [0.29, 0.717) is 5.82 Å². The molecular weight excluding hydrogens is 224 g/mol. The van der Waals surface area contributed by atoms with E-state index in [4.69, 9.17) is 18.0 Å². The molecule has 6 nitrogen and oxygen atoms in total. The maximum atomic E-state index is 5.39. The molecule has 2 aromatic rings. The molecule has 0 unspecified atom stereocenters. The molecular formula is C9H10N6S. The van der Waals surface area contributed by atoms with Crippen LogP contribution in [-0.4, -0.2) is 25.3 Å². The highest BCUT2D eigenvalue weighted by Gasteiger charge is 2.04. The second-order valence-electron chi connectivity index (χ2n) is 3.17. The second kappa shape index (κ2) is 4.23. The van der Waals surface area contributed by atoms with E-state index in [-0.39, 0.29) is 5.11 Å². The van der Waals surface area contributed by atoms with Gasteiger partial charge in [0.15, 0.2) is 5.11 Å². The predicted octanol–water partition coefficient (Wildman–Crippen LogP) is 0.533. The molecule has 0 fully saturated rings. The summed E-state index contributed by atoms with van der Waals surface area (Å²) in [4.78, 5) is 1.41. The molecule has 3 N–H and O–H groups in total. The number of thiocarbonyl (C=S) groups is 1. The van der Waals surface area contributed by atoms with Crippen molar-refractivity contribution >= 4 is 23.0 Å². The topological polar surface area (TPSA) is 81.7 Å². The van der Waals surface area contributed by atoms with Crippen LogP contribution in [0.5, 0.6) is 0 Å². The summed E-state index contributed by atoms with van der Waals surface area (Å²) in [6.45, 7) is 0. The van der Waals surface area contributed by atoms with Crippen LogP contribution in [0.15, 0.2) is 24.3 Å². The van der Waals surface area contributed by atoms with Crippen molar-refractivity contribution in [2.75, 3.05) is 5.32 Å². The van der Waals surface area contributed by atoms with Gasteiger partial charge < -0.3 is 11.1 Å². The van der Waals surface area contributed by atoms with E-state index in [1.54, 1.807) is 7.05 Å². The zero-order valence-corrected chi connectivity index (χ0v) is 9.40. The van der Waals surface area contributed by atoms with Gasteiger partial charge in [-0.3, -0.25) is 0 Å². The van der Waals surface area contributed by atoms with Crippen molar-refractivity contribution in [3.05, 3.63) is 24.3 Å². The summed E-state index contributed by atoms with van der Waals surface area (Å²) in [6, 6.07) is 7.48. The lowest BCUT2D eigenvalue weighted by Gasteiger charge is -2.04. The highest BCUT2D eigenvalue weighted by Crippen LogP contribution is 2.18. The number of hydrogen-bond donors (Lipinski definition) is 2. The molecule has 0 aliphatic rings. The van der Waals surface area contributed by atoms with Crippen molar-refractivity contribution in [1.29, 1.82) is 0 Å². The Balaban J connectivity index is 2.32. The average molecular weight is 234 g/mol. The molecule has 0 radical (unpaired) electrons. The lowest BCUT2D eigenvalue weighted by atomic mass is 10.2. The van der Waals surface area contributed by atoms with Gasteiger partial charge in [-0.05, 0) is 29.6 Å². The van der Waals surface area contributed by atoms with Crippen molar-refractivity contribution in [1.82, 2.24) is 20.2 Å². The third kappa shape index (κ3) is 2.31. The number of rotatable bonds is 2. The Morgan fingerprint density at radius 2 is 2.31 bits per heavy atom. The number of nitrogens with one attached hydrogen (secondary N) is 1. The summed E-state index contributed by atoms with van der Waals surface area (Å²) in [7, 11) is 1.72. The summed E-state index contributed by atoms with van der Waals surface area (Å²) < 4.78 is 0. The zero-order chi connectivity index (χ0) is 11.5. The molecule has 1 aromatic carbocycles. The third-order valence-electron chi connectivity index (χ3n) is 1.90.